The predicted octanol–water partition coefficient (Wildman–Crippen LogP) is 8.79. The largest absolute Gasteiger partial charge is 0.508 e. The van der Waals surface area contributed by atoms with Crippen LogP contribution in [0.4, 0.5) is 4.79 Å². The first kappa shape index (κ1) is 78.8. The van der Waals surface area contributed by atoms with Crippen molar-refractivity contribution in [3.05, 3.63) is 227 Å². The van der Waals surface area contributed by atoms with Crippen molar-refractivity contribution in [2.75, 3.05) is 87.9 Å². The van der Waals surface area contributed by atoms with Crippen molar-refractivity contribution < 1.29 is 81.5 Å². The summed E-state index contributed by atoms with van der Waals surface area (Å²) in [7, 11) is 7.45. The highest BCUT2D eigenvalue weighted by molar-refractivity contribution is 6.38. The number of ether oxygens (including phenoxy) is 6. The highest BCUT2D eigenvalue weighted by atomic mass is 16.6. The number of phenols is 1. The van der Waals surface area contributed by atoms with E-state index >= 15 is 9.59 Å². The summed E-state index contributed by atoms with van der Waals surface area (Å²) < 4.78 is 35.6. The molecular formula is C84H93N7O17. The Kier molecular flexibility index (Phi) is 26.9. The SMILES string of the molecule is COc1ccc(CC[C@H]2OC(=O)[C@@H]3CN(C(=O)OCC4c5ccccc5-c5ccccc54)CCN3C(=O)C(=O)C(C)(C)COC(=O)C=CCCCCN(C)C(=O)[C@@H](Cc3ccccc3)NC(=O)CN(C)C(=O)[C@@H](Cc3ccccc3)NC(=O)[C@H](Cc3ccc(O)cc3)N(C)C(=O)COc3cccc2c3)cc1OC. The Morgan fingerprint density at radius 1 is 0.620 bits per heavy atom. The second kappa shape index (κ2) is 36.9. The van der Waals surface area contributed by atoms with Crippen LogP contribution in [0.25, 0.3) is 11.1 Å². The topological polar surface area (TPSA) is 287 Å². The standard InChI is InChI=1S/C84H93N7O17/c1-84(2)54-107-76(95)33-16-8-9-21-42-87(3)79(98)67(45-55-23-12-10-13-24-55)85-74(93)51-88(4)80(99)68(46-56-25-14-11-15-26-56)86-78(97)69(47-57-34-38-60(92)39-35-57)89(5)75(94)53-105-61-28-22-27-59(49-61)71(40-36-58-37-41-72(103-6)73(48-58)104-7)108-82(101)70-50-90(43-44-91(70)81(100)77(84)96)83(102)106-52-66-64-31-19-17-29-62(64)63-30-18-20-32-65(63)66/h10-20,22-35,37-39,41,48-49,66-71,92H,8-9,21,36,40,42-47,50-54H2,1-7H3,(H,85,93)(H,86,97)/t67-,68-,69+,70+,71-/m1/s1. The molecule has 108 heavy (non-hydrogen) atoms. The maximum Gasteiger partial charge on any atom is 0.409 e. The lowest BCUT2D eigenvalue weighted by molar-refractivity contribution is -0.166. The third-order valence-corrected chi connectivity index (χ3v) is 19.7. The monoisotopic (exact) mass is 1470 g/mol. The van der Waals surface area contributed by atoms with Gasteiger partial charge in [-0.1, -0.05) is 146 Å². The molecule has 7 amide bonds. The number of piperazine rings is 1. The average Bonchev–Trinajstić information content (AvgIpc) is 1.61. The molecule has 10 rings (SSSR count). The van der Waals surface area contributed by atoms with Crippen molar-refractivity contribution >= 4 is 59.3 Å². The highest BCUT2D eigenvalue weighted by Crippen LogP contribution is 2.45. The Morgan fingerprint density at radius 2 is 1.23 bits per heavy atom. The minimum Gasteiger partial charge on any atom is -0.508 e. The maximum atomic E-state index is 15.4. The van der Waals surface area contributed by atoms with Gasteiger partial charge in [0.05, 0.1) is 32.7 Å². The lowest BCUT2D eigenvalue weighted by atomic mass is 9.87. The number of methoxy groups -OCH3 is 2. The molecule has 0 saturated carbocycles. The Morgan fingerprint density at radius 3 is 1.89 bits per heavy atom. The van der Waals surface area contributed by atoms with Gasteiger partial charge in [-0.15, -0.1) is 0 Å². The van der Waals surface area contributed by atoms with Crippen LogP contribution in [0.1, 0.15) is 90.5 Å². The van der Waals surface area contributed by atoms with Crippen LogP contribution in [0, 0.1) is 5.41 Å². The fraction of sp³-hybridized carbons (Fsp3) is 0.357. The van der Waals surface area contributed by atoms with E-state index in [0.717, 1.165) is 43.2 Å². The molecule has 0 unspecified atom stereocenters. The third-order valence-electron chi connectivity index (χ3n) is 19.7. The number of ketones is 1. The molecule has 24 nitrogen and oxygen atoms in total. The number of Topliss-reactive ketones (excluding diaryl/α,β-unsaturated/α-hetero) is 1. The molecule has 5 atom stereocenters. The van der Waals surface area contributed by atoms with Gasteiger partial charge in [-0.2, -0.15) is 0 Å². The average molecular weight is 1470 g/mol. The number of aryl methyl sites for hydroxylation is 1. The van der Waals surface area contributed by atoms with Gasteiger partial charge in [0.25, 0.3) is 11.8 Å². The minimum absolute atomic E-state index is 0.0282. The number of esters is 2. The van der Waals surface area contributed by atoms with E-state index in [-0.39, 0.29) is 75.8 Å². The zero-order chi connectivity index (χ0) is 77.0. The number of benzene rings is 7. The molecule has 1 fully saturated rings. The van der Waals surface area contributed by atoms with E-state index in [9.17, 15) is 43.5 Å². The second-order valence-electron chi connectivity index (χ2n) is 27.9. The number of hydrogen-bond donors (Lipinski definition) is 3. The number of cyclic esters (lactones) is 2. The summed E-state index contributed by atoms with van der Waals surface area (Å²) in [5.41, 5.74) is 5.45. The fourth-order valence-corrected chi connectivity index (χ4v) is 13.5. The van der Waals surface area contributed by atoms with Gasteiger partial charge in [0.2, 0.25) is 29.4 Å². The van der Waals surface area contributed by atoms with Crippen LogP contribution in [0.15, 0.2) is 188 Å². The molecule has 1 saturated heterocycles. The number of rotatable bonds is 13. The lowest BCUT2D eigenvalue weighted by Crippen LogP contribution is -2.62. The Bertz CT molecular complexity index is 4350. The number of likely N-dealkylation sites (N-methyl/N-ethyl adjacent to an activating group) is 3. The van der Waals surface area contributed by atoms with Crippen LogP contribution in [-0.4, -0.2) is 201 Å². The van der Waals surface area contributed by atoms with Gasteiger partial charge in [-0.3, -0.25) is 33.6 Å². The summed E-state index contributed by atoms with van der Waals surface area (Å²) in [5, 5.41) is 16.0. The van der Waals surface area contributed by atoms with E-state index in [2.05, 4.69) is 10.6 Å². The molecule has 24 heteroatoms. The number of nitrogens with one attached hydrogen (secondary N) is 2. The van der Waals surface area contributed by atoms with Crippen molar-refractivity contribution in [3.63, 3.8) is 0 Å². The molecule has 0 spiro atoms. The molecule has 2 aliphatic heterocycles. The van der Waals surface area contributed by atoms with E-state index in [1.165, 1.54) is 75.1 Å². The molecule has 3 aliphatic rings. The predicted molar refractivity (Wildman–Crippen MR) is 401 cm³/mol. The van der Waals surface area contributed by atoms with Gasteiger partial charge in [0.1, 0.15) is 55.0 Å². The summed E-state index contributed by atoms with van der Waals surface area (Å²) in [6, 6.07) is 46.4. The smallest absolute Gasteiger partial charge is 0.409 e. The van der Waals surface area contributed by atoms with Crippen molar-refractivity contribution in [2.24, 2.45) is 5.41 Å². The van der Waals surface area contributed by atoms with Crippen LogP contribution < -0.4 is 24.8 Å². The number of amides is 7. The molecular weight excluding hydrogens is 1380 g/mol. The number of aromatic hydroxyl groups is 1. The number of hydrogen-bond acceptors (Lipinski definition) is 17. The van der Waals surface area contributed by atoms with Crippen molar-refractivity contribution in [1.82, 2.24) is 35.1 Å². The number of allylic oxidation sites excluding steroid dienone is 1. The molecule has 7 aromatic carbocycles. The minimum atomic E-state index is -1.64. The zero-order valence-electron chi connectivity index (χ0n) is 61.9. The Labute approximate surface area is 628 Å². The number of carbonyl (C=O) groups is 10. The van der Waals surface area contributed by atoms with E-state index in [0.29, 0.717) is 47.5 Å². The van der Waals surface area contributed by atoms with Crippen LogP contribution in [-0.2, 0) is 83.0 Å². The van der Waals surface area contributed by atoms with Crippen LogP contribution >= 0.6 is 0 Å². The van der Waals surface area contributed by atoms with Gasteiger partial charge in [-0.25, -0.2) is 14.4 Å². The zero-order valence-corrected chi connectivity index (χ0v) is 61.9. The summed E-state index contributed by atoms with van der Waals surface area (Å²) in [5.74, 6) is -6.28. The first-order valence-electron chi connectivity index (χ1n) is 36.1. The van der Waals surface area contributed by atoms with Gasteiger partial charge in [0, 0.05) is 72.0 Å². The van der Waals surface area contributed by atoms with Gasteiger partial charge in [0.15, 0.2) is 18.1 Å². The van der Waals surface area contributed by atoms with E-state index in [1.54, 1.807) is 92.0 Å². The van der Waals surface area contributed by atoms with Crippen molar-refractivity contribution in [1.29, 1.82) is 0 Å². The molecule has 7 aromatic rings. The Balaban J connectivity index is 0.962. The summed E-state index contributed by atoms with van der Waals surface area (Å²) in [6.07, 6.45) is 2.62. The lowest BCUT2D eigenvalue weighted by Gasteiger charge is -2.40. The molecule has 0 aromatic heterocycles. The van der Waals surface area contributed by atoms with Crippen molar-refractivity contribution in [3.8, 4) is 34.1 Å². The second-order valence-corrected chi connectivity index (χ2v) is 27.9. The molecule has 2 bridgehead atoms. The fourth-order valence-electron chi connectivity index (χ4n) is 13.5. The highest BCUT2D eigenvalue weighted by Gasteiger charge is 2.46. The maximum absolute atomic E-state index is 15.4. The number of fused-ring (bicyclic) bond motifs is 6. The molecule has 3 N–H and O–H groups in total. The van der Waals surface area contributed by atoms with Crippen LogP contribution in [0.5, 0.6) is 23.0 Å². The Hall–Kier alpha value is -11.8. The third kappa shape index (κ3) is 20.4. The van der Waals surface area contributed by atoms with Crippen LogP contribution in [0.3, 0.4) is 0 Å². The van der Waals surface area contributed by atoms with E-state index in [4.69, 9.17) is 28.4 Å². The summed E-state index contributed by atoms with van der Waals surface area (Å²) >= 11 is 0. The first-order chi connectivity index (χ1) is 52.0. The van der Waals surface area contributed by atoms with Gasteiger partial charge >= 0.3 is 18.0 Å². The van der Waals surface area contributed by atoms with Crippen LogP contribution in [0.2, 0.25) is 0 Å². The van der Waals surface area contributed by atoms with Gasteiger partial charge in [-0.05, 0) is 132 Å². The summed E-state index contributed by atoms with van der Waals surface area (Å²) in [4.78, 5) is 152. The first-order valence-corrected chi connectivity index (χ1v) is 36.1. The molecule has 0 radical (unpaired) electrons. The quantitative estimate of drug-likeness (QED) is 0.0552. The van der Waals surface area contributed by atoms with Gasteiger partial charge < -0.3 is 68.7 Å². The molecule has 566 valence electrons. The number of nitrogens with zero attached hydrogens (tertiary/aromatic N) is 5. The van der Waals surface area contributed by atoms with E-state index in [1.807, 2.05) is 84.9 Å². The molecule has 2 heterocycles. The number of carbonyl (C=O) groups excluding carboxylic acids is 10. The molecule has 1 aliphatic carbocycles. The number of phenolic OH excluding ortho intramolecular Hbond substituents is 1. The normalized spacial score (nSPS) is 20.1. The van der Waals surface area contributed by atoms with Crippen molar-refractivity contribution in [2.45, 2.75) is 101 Å². The summed E-state index contributed by atoms with van der Waals surface area (Å²) in [6.45, 7) is 0.488. The van der Waals surface area contributed by atoms with E-state index < -0.39 is 121 Å².